The Labute approximate surface area is 135 Å². The maximum absolute atomic E-state index is 12.3. The van der Waals surface area contributed by atoms with Crippen molar-refractivity contribution in [1.29, 1.82) is 0 Å². The number of carbonyl (C=O) groups excluding carboxylic acids is 1. The molecule has 0 aliphatic carbocycles. The molecule has 2 N–H and O–H groups in total. The zero-order valence-electron chi connectivity index (χ0n) is 13.9. The van der Waals surface area contributed by atoms with Crippen LogP contribution in [0.25, 0.3) is 10.9 Å². The van der Waals surface area contributed by atoms with Gasteiger partial charge in [-0.2, -0.15) is 0 Å². The molecule has 0 fully saturated rings. The molecule has 5 heteroatoms. The number of aryl methyl sites for hydroxylation is 2. The number of aliphatic carboxylic acids is 1. The van der Waals surface area contributed by atoms with Gasteiger partial charge < -0.3 is 10.4 Å². The molecule has 1 aromatic carbocycles. The quantitative estimate of drug-likeness (QED) is 0.889. The van der Waals surface area contributed by atoms with E-state index < -0.39 is 12.0 Å². The van der Waals surface area contributed by atoms with Crippen molar-refractivity contribution in [2.45, 2.75) is 40.2 Å². The molecule has 122 valence electrons. The van der Waals surface area contributed by atoms with E-state index in [-0.39, 0.29) is 18.2 Å². The van der Waals surface area contributed by atoms with Gasteiger partial charge in [-0.3, -0.25) is 9.78 Å². The molecular weight excluding hydrogens is 292 g/mol. The predicted octanol–water partition coefficient (Wildman–Crippen LogP) is 2.62. The van der Waals surface area contributed by atoms with Crippen LogP contribution in [-0.4, -0.2) is 28.0 Å². The molecule has 0 aliphatic rings. The molecule has 2 aromatic rings. The number of amides is 1. The van der Waals surface area contributed by atoms with E-state index in [1.54, 1.807) is 13.8 Å². The molecule has 23 heavy (non-hydrogen) atoms. The Hall–Kier alpha value is -2.43. The Morgan fingerprint density at radius 2 is 1.87 bits per heavy atom. The third-order valence-electron chi connectivity index (χ3n) is 4.07. The Balaban J connectivity index is 2.28. The number of carboxylic acid groups (broad SMARTS) is 1. The highest BCUT2D eigenvalue weighted by molar-refractivity contribution is 5.88. The summed E-state index contributed by atoms with van der Waals surface area (Å²) in [6.07, 6.45) is 0.131. The summed E-state index contributed by atoms with van der Waals surface area (Å²) in [5, 5.41) is 12.8. The van der Waals surface area contributed by atoms with Crippen molar-refractivity contribution in [3.63, 3.8) is 0 Å². The molecule has 1 atom stereocenters. The second-order valence-corrected chi connectivity index (χ2v) is 6.12. The molecule has 0 saturated carbocycles. The number of aromatic nitrogens is 1. The Morgan fingerprint density at radius 3 is 2.48 bits per heavy atom. The van der Waals surface area contributed by atoms with Gasteiger partial charge in [0.1, 0.15) is 6.04 Å². The second kappa shape index (κ2) is 6.77. The van der Waals surface area contributed by atoms with Gasteiger partial charge in [-0.1, -0.05) is 32.0 Å². The summed E-state index contributed by atoms with van der Waals surface area (Å²) < 4.78 is 0. The number of carbonyl (C=O) groups is 2. The fraction of sp³-hybridized carbons (Fsp3) is 0.389. The summed E-state index contributed by atoms with van der Waals surface area (Å²) in [5.74, 6) is -1.49. The van der Waals surface area contributed by atoms with Crippen LogP contribution in [0, 0.1) is 19.8 Å². The van der Waals surface area contributed by atoms with Crippen LogP contribution in [0.3, 0.4) is 0 Å². The highest BCUT2D eigenvalue weighted by Crippen LogP contribution is 2.23. The maximum atomic E-state index is 12.3. The lowest BCUT2D eigenvalue weighted by atomic mass is 9.98. The second-order valence-electron chi connectivity index (χ2n) is 6.12. The van der Waals surface area contributed by atoms with Gasteiger partial charge in [-0.15, -0.1) is 0 Å². The number of benzene rings is 1. The third kappa shape index (κ3) is 3.67. The smallest absolute Gasteiger partial charge is 0.326 e. The number of rotatable bonds is 5. The van der Waals surface area contributed by atoms with Gasteiger partial charge >= 0.3 is 5.97 Å². The van der Waals surface area contributed by atoms with Crippen molar-refractivity contribution in [3.05, 3.63) is 41.1 Å². The van der Waals surface area contributed by atoms with Crippen LogP contribution in [0.2, 0.25) is 0 Å². The normalized spacial score (nSPS) is 12.4. The summed E-state index contributed by atoms with van der Waals surface area (Å²) in [5.41, 5.74) is 3.57. The Kier molecular flexibility index (Phi) is 4.98. The number of hydrogen-bond donors (Lipinski definition) is 2. The zero-order chi connectivity index (χ0) is 17.1. The van der Waals surface area contributed by atoms with E-state index in [0.717, 1.165) is 27.7 Å². The first-order valence-electron chi connectivity index (χ1n) is 7.68. The van der Waals surface area contributed by atoms with Crippen LogP contribution in [0.5, 0.6) is 0 Å². The van der Waals surface area contributed by atoms with E-state index in [2.05, 4.69) is 10.3 Å². The highest BCUT2D eigenvalue weighted by Gasteiger charge is 2.24. The van der Waals surface area contributed by atoms with Gasteiger partial charge in [0.25, 0.3) is 0 Å². The minimum absolute atomic E-state index is 0.131. The van der Waals surface area contributed by atoms with Crippen molar-refractivity contribution >= 4 is 22.8 Å². The molecule has 1 heterocycles. The molecule has 1 amide bonds. The minimum Gasteiger partial charge on any atom is -0.480 e. The summed E-state index contributed by atoms with van der Waals surface area (Å²) in [6, 6.07) is 6.91. The lowest BCUT2D eigenvalue weighted by molar-refractivity contribution is -0.143. The molecule has 0 saturated heterocycles. The third-order valence-corrected chi connectivity index (χ3v) is 4.07. The van der Waals surface area contributed by atoms with Gasteiger partial charge in [-0.25, -0.2) is 4.79 Å². The average Bonchev–Trinajstić information content (AvgIpc) is 2.48. The minimum atomic E-state index is -1.02. The van der Waals surface area contributed by atoms with E-state index in [0.29, 0.717) is 0 Å². The lowest BCUT2D eigenvalue weighted by Crippen LogP contribution is -2.45. The summed E-state index contributed by atoms with van der Waals surface area (Å²) >= 11 is 0. The van der Waals surface area contributed by atoms with Crippen molar-refractivity contribution in [2.24, 2.45) is 5.92 Å². The van der Waals surface area contributed by atoms with E-state index in [1.807, 2.05) is 38.1 Å². The molecule has 0 bridgehead atoms. The fourth-order valence-electron chi connectivity index (χ4n) is 2.73. The molecular formula is C18H22N2O3. The number of nitrogens with zero attached hydrogens (tertiary/aromatic N) is 1. The number of carboxylic acids is 1. The zero-order valence-corrected chi connectivity index (χ0v) is 13.9. The fourth-order valence-corrected chi connectivity index (χ4v) is 2.73. The van der Waals surface area contributed by atoms with Crippen LogP contribution in [0.4, 0.5) is 0 Å². The van der Waals surface area contributed by atoms with E-state index in [4.69, 9.17) is 0 Å². The first-order chi connectivity index (χ1) is 10.8. The van der Waals surface area contributed by atoms with Gasteiger partial charge in [0.15, 0.2) is 0 Å². The first-order valence-corrected chi connectivity index (χ1v) is 7.68. The van der Waals surface area contributed by atoms with Crippen molar-refractivity contribution in [2.75, 3.05) is 0 Å². The summed E-state index contributed by atoms with van der Waals surface area (Å²) in [6.45, 7) is 7.39. The highest BCUT2D eigenvalue weighted by atomic mass is 16.4. The van der Waals surface area contributed by atoms with Crippen LogP contribution >= 0.6 is 0 Å². The van der Waals surface area contributed by atoms with Crippen LogP contribution < -0.4 is 5.32 Å². The predicted molar refractivity (Wildman–Crippen MR) is 89.3 cm³/mol. The molecule has 1 unspecified atom stereocenters. The number of pyridine rings is 1. The van der Waals surface area contributed by atoms with Gasteiger partial charge in [-0.05, 0) is 37.0 Å². The number of para-hydroxylation sites is 1. The van der Waals surface area contributed by atoms with Crippen LogP contribution in [0.15, 0.2) is 24.3 Å². The van der Waals surface area contributed by atoms with Gasteiger partial charge in [0, 0.05) is 11.1 Å². The van der Waals surface area contributed by atoms with Crippen LogP contribution in [-0.2, 0) is 16.0 Å². The van der Waals surface area contributed by atoms with Crippen LogP contribution in [0.1, 0.15) is 30.7 Å². The standard InChI is InChI=1S/C18H22N2O3/c1-10(2)17(18(22)23)20-16(21)9-14-11(3)13-7-5-6-8-15(13)19-12(14)4/h5-8,10,17H,9H2,1-4H3,(H,20,21)(H,22,23). The maximum Gasteiger partial charge on any atom is 0.326 e. The number of fused-ring (bicyclic) bond motifs is 1. The Bertz CT molecular complexity index is 753. The van der Waals surface area contributed by atoms with Crippen molar-refractivity contribution in [3.8, 4) is 0 Å². The molecule has 2 rings (SSSR count). The van der Waals surface area contributed by atoms with E-state index >= 15 is 0 Å². The topological polar surface area (TPSA) is 79.3 Å². The van der Waals surface area contributed by atoms with Gasteiger partial charge in [0.05, 0.1) is 11.9 Å². The SMILES string of the molecule is Cc1nc2ccccc2c(C)c1CC(=O)NC(C(=O)O)C(C)C. The van der Waals surface area contributed by atoms with Crippen molar-refractivity contribution in [1.82, 2.24) is 10.3 Å². The monoisotopic (exact) mass is 314 g/mol. The molecule has 0 spiro atoms. The number of nitrogens with one attached hydrogen (secondary N) is 1. The largest absolute Gasteiger partial charge is 0.480 e. The molecule has 1 aromatic heterocycles. The Morgan fingerprint density at radius 1 is 1.22 bits per heavy atom. The first kappa shape index (κ1) is 16.9. The molecule has 0 radical (unpaired) electrons. The van der Waals surface area contributed by atoms with E-state index in [1.165, 1.54) is 0 Å². The van der Waals surface area contributed by atoms with Crippen molar-refractivity contribution < 1.29 is 14.7 Å². The van der Waals surface area contributed by atoms with E-state index in [9.17, 15) is 14.7 Å². The summed E-state index contributed by atoms with van der Waals surface area (Å²) in [7, 11) is 0. The average molecular weight is 314 g/mol. The summed E-state index contributed by atoms with van der Waals surface area (Å²) in [4.78, 5) is 28.0. The molecule has 0 aliphatic heterocycles. The molecule has 5 nitrogen and oxygen atoms in total. The lowest BCUT2D eigenvalue weighted by Gasteiger charge is -2.19. The number of hydrogen-bond acceptors (Lipinski definition) is 3. The van der Waals surface area contributed by atoms with Gasteiger partial charge in [0.2, 0.25) is 5.91 Å².